The zero-order valence-corrected chi connectivity index (χ0v) is 18.8. The van der Waals surface area contributed by atoms with E-state index in [2.05, 4.69) is 23.2 Å². The molecule has 0 aromatic heterocycles. The number of hydrogen-bond acceptors (Lipinski definition) is 6. The molecule has 0 aliphatic carbocycles. The molecule has 170 valence electrons. The molecule has 1 saturated heterocycles. The second-order valence-electron chi connectivity index (χ2n) is 8.56. The number of rotatable bonds is 13. The van der Waals surface area contributed by atoms with Crippen molar-refractivity contribution in [3.8, 4) is 11.5 Å². The Balaban J connectivity index is 1.66. The van der Waals surface area contributed by atoms with Gasteiger partial charge in [0, 0.05) is 13.7 Å². The van der Waals surface area contributed by atoms with Crippen LogP contribution in [0.4, 0.5) is 0 Å². The van der Waals surface area contributed by atoms with Gasteiger partial charge in [0.15, 0.2) is 11.5 Å². The first-order chi connectivity index (χ1) is 14.7. The highest BCUT2D eigenvalue weighted by atomic mass is 16.6. The maximum Gasteiger partial charge on any atom is 0.161 e. The standard InChI is InChI=1S/C24H40N2O4/c1-3-4-5-6-7-10-23(27)25-20(18-26-13-8-9-14-26)24(28-2)19-11-12-21-22(17-19)30-16-15-29-21/h11-12,17,20,23-25,27H,3-10,13-16,18H2,1-2H3/t20-,23?,24-/m1/s1. The van der Waals surface area contributed by atoms with E-state index in [0.29, 0.717) is 13.2 Å². The predicted molar refractivity (Wildman–Crippen MR) is 119 cm³/mol. The van der Waals surface area contributed by atoms with E-state index in [0.717, 1.165) is 49.5 Å². The molecule has 0 bridgehead atoms. The van der Waals surface area contributed by atoms with Crippen LogP contribution in [0.25, 0.3) is 0 Å². The number of ether oxygens (including phenoxy) is 3. The zero-order chi connectivity index (χ0) is 21.2. The van der Waals surface area contributed by atoms with E-state index in [-0.39, 0.29) is 12.1 Å². The second-order valence-corrected chi connectivity index (χ2v) is 8.56. The highest BCUT2D eigenvalue weighted by Crippen LogP contribution is 2.34. The van der Waals surface area contributed by atoms with Crippen LogP contribution in [-0.4, -0.2) is 62.2 Å². The fourth-order valence-electron chi connectivity index (χ4n) is 4.52. The molecule has 0 amide bonds. The normalized spacial score (nSPS) is 19.6. The van der Waals surface area contributed by atoms with Gasteiger partial charge in [0.1, 0.15) is 19.4 Å². The Hall–Kier alpha value is -1.34. The molecule has 0 radical (unpaired) electrons. The zero-order valence-electron chi connectivity index (χ0n) is 18.8. The maximum absolute atomic E-state index is 10.7. The highest BCUT2D eigenvalue weighted by Gasteiger charge is 2.29. The van der Waals surface area contributed by atoms with Crippen molar-refractivity contribution in [3.05, 3.63) is 23.8 Å². The lowest BCUT2D eigenvalue weighted by Crippen LogP contribution is -2.48. The van der Waals surface area contributed by atoms with Crippen molar-refractivity contribution < 1.29 is 19.3 Å². The summed E-state index contributed by atoms with van der Waals surface area (Å²) in [5.74, 6) is 1.56. The van der Waals surface area contributed by atoms with E-state index >= 15 is 0 Å². The Morgan fingerprint density at radius 3 is 2.53 bits per heavy atom. The molecular formula is C24H40N2O4. The van der Waals surface area contributed by atoms with E-state index < -0.39 is 6.23 Å². The largest absolute Gasteiger partial charge is 0.486 e. The molecule has 2 heterocycles. The van der Waals surface area contributed by atoms with Gasteiger partial charge in [0.2, 0.25) is 0 Å². The van der Waals surface area contributed by atoms with E-state index in [1.54, 1.807) is 7.11 Å². The Bertz CT molecular complexity index is 621. The summed E-state index contributed by atoms with van der Waals surface area (Å²) in [5.41, 5.74) is 1.05. The van der Waals surface area contributed by atoms with Crippen molar-refractivity contribution in [1.82, 2.24) is 10.2 Å². The smallest absolute Gasteiger partial charge is 0.161 e. The van der Waals surface area contributed by atoms with Gasteiger partial charge in [-0.2, -0.15) is 0 Å². The van der Waals surface area contributed by atoms with Gasteiger partial charge in [-0.05, 0) is 56.5 Å². The summed E-state index contributed by atoms with van der Waals surface area (Å²) in [6.45, 7) is 6.47. The van der Waals surface area contributed by atoms with Crippen molar-refractivity contribution in [2.75, 3.05) is 40.0 Å². The molecule has 30 heavy (non-hydrogen) atoms. The van der Waals surface area contributed by atoms with Gasteiger partial charge in [-0.15, -0.1) is 0 Å². The molecule has 0 saturated carbocycles. The molecule has 3 rings (SSSR count). The fraction of sp³-hybridized carbons (Fsp3) is 0.750. The number of unbranched alkanes of at least 4 members (excludes halogenated alkanes) is 4. The molecule has 1 aromatic rings. The average Bonchev–Trinajstić information content (AvgIpc) is 3.27. The summed E-state index contributed by atoms with van der Waals surface area (Å²) in [7, 11) is 1.75. The molecular weight excluding hydrogens is 380 g/mol. The van der Waals surface area contributed by atoms with Crippen LogP contribution in [0, 0.1) is 0 Å². The molecule has 1 fully saturated rings. The lowest BCUT2D eigenvalue weighted by atomic mass is 10.00. The number of nitrogens with zero attached hydrogens (tertiary/aromatic N) is 1. The second kappa shape index (κ2) is 12.5. The molecule has 2 aliphatic heterocycles. The van der Waals surface area contributed by atoms with Gasteiger partial charge >= 0.3 is 0 Å². The fourth-order valence-corrected chi connectivity index (χ4v) is 4.52. The lowest BCUT2D eigenvalue weighted by Gasteiger charge is -2.33. The third-order valence-corrected chi connectivity index (χ3v) is 6.16. The van der Waals surface area contributed by atoms with Crippen molar-refractivity contribution in [2.24, 2.45) is 0 Å². The molecule has 2 N–H and O–H groups in total. The summed E-state index contributed by atoms with van der Waals surface area (Å²) < 4.78 is 17.4. The number of fused-ring (bicyclic) bond motifs is 1. The number of aliphatic hydroxyl groups excluding tert-OH is 1. The SMILES string of the molecule is CCCCCCCC(O)N[C@H](CN1CCCC1)[C@H](OC)c1ccc2c(c1)OCCO2. The van der Waals surface area contributed by atoms with Crippen LogP contribution >= 0.6 is 0 Å². The van der Waals surface area contributed by atoms with Crippen molar-refractivity contribution in [3.63, 3.8) is 0 Å². The number of hydrogen-bond donors (Lipinski definition) is 2. The number of likely N-dealkylation sites (tertiary alicyclic amines) is 1. The van der Waals surface area contributed by atoms with Gasteiger partial charge < -0.3 is 24.2 Å². The van der Waals surface area contributed by atoms with E-state index in [1.165, 1.54) is 38.5 Å². The molecule has 1 aromatic carbocycles. The number of benzene rings is 1. The molecule has 2 aliphatic rings. The van der Waals surface area contributed by atoms with Gasteiger partial charge in [0.05, 0.1) is 12.1 Å². The minimum absolute atomic E-state index is 0.00120. The number of nitrogens with one attached hydrogen (secondary N) is 1. The Kier molecular flexibility index (Phi) is 9.72. The highest BCUT2D eigenvalue weighted by molar-refractivity contribution is 5.44. The molecule has 6 heteroatoms. The average molecular weight is 421 g/mol. The van der Waals surface area contributed by atoms with Crippen molar-refractivity contribution in [1.29, 1.82) is 0 Å². The Morgan fingerprint density at radius 2 is 1.80 bits per heavy atom. The summed E-state index contributed by atoms with van der Waals surface area (Å²) in [6.07, 6.45) is 8.57. The summed E-state index contributed by atoms with van der Waals surface area (Å²) in [6, 6.07) is 6.05. The first-order valence-corrected chi connectivity index (χ1v) is 11.8. The van der Waals surface area contributed by atoms with E-state index in [4.69, 9.17) is 14.2 Å². The van der Waals surface area contributed by atoms with Crippen LogP contribution in [0.2, 0.25) is 0 Å². The topological polar surface area (TPSA) is 63.2 Å². The number of aliphatic hydroxyl groups is 1. The van der Waals surface area contributed by atoms with Crippen LogP contribution in [0.1, 0.15) is 70.0 Å². The van der Waals surface area contributed by atoms with E-state index in [9.17, 15) is 5.11 Å². The Morgan fingerprint density at radius 1 is 1.07 bits per heavy atom. The first kappa shape index (κ1) is 23.3. The first-order valence-electron chi connectivity index (χ1n) is 11.8. The third kappa shape index (κ3) is 6.84. The minimum atomic E-state index is -0.519. The summed E-state index contributed by atoms with van der Waals surface area (Å²) in [5, 5.41) is 14.2. The van der Waals surface area contributed by atoms with Gasteiger partial charge in [0.25, 0.3) is 0 Å². The molecule has 1 unspecified atom stereocenters. The van der Waals surface area contributed by atoms with Crippen molar-refractivity contribution >= 4 is 0 Å². The van der Waals surface area contributed by atoms with E-state index in [1.807, 2.05) is 12.1 Å². The lowest BCUT2D eigenvalue weighted by molar-refractivity contribution is 0.0200. The van der Waals surface area contributed by atoms with Crippen LogP contribution in [0.5, 0.6) is 11.5 Å². The van der Waals surface area contributed by atoms with Crippen LogP contribution in [-0.2, 0) is 4.74 Å². The van der Waals surface area contributed by atoms with Crippen LogP contribution in [0.15, 0.2) is 18.2 Å². The maximum atomic E-state index is 10.7. The predicted octanol–water partition coefficient (Wildman–Crippen LogP) is 3.88. The third-order valence-electron chi connectivity index (χ3n) is 6.16. The van der Waals surface area contributed by atoms with Gasteiger partial charge in [-0.1, -0.05) is 38.7 Å². The molecule has 6 nitrogen and oxygen atoms in total. The minimum Gasteiger partial charge on any atom is -0.486 e. The summed E-state index contributed by atoms with van der Waals surface area (Å²) in [4.78, 5) is 2.47. The molecule has 0 spiro atoms. The van der Waals surface area contributed by atoms with Gasteiger partial charge in [-0.3, -0.25) is 5.32 Å². The van der Waals surface area contributed by atoms with Crippen LogP contribution < -0.4 is 14.8 Å². The summed E-state index contributed by atoms with van der Waals surface area (Å²) >= 11 is 0. The Labute approximate surface area is 181 Å². The molecule has 3 atom stereocenters. The van der Waals surface area contributed by atoms with Gasteiger partial charge in [-0.25, -0.2) is 0 Å². The quantitative estimate of drug-likeness (QED) is 0.373. The number of methoxy groups -OCH3 is 1. The van der Waals surface area contributed by atoms with Crippen LogP contribution in [0.3, 0.4) is 0 Å². The monoisotopic (exact) mass is 420 g/mol. The van der Waals surface area contributed by atoms with Crippen molar-refractivity contribution in [2.45, 2.75) is 76.7 Å².